The van der Waals surface area contributed by atoms with E-state index in [2.05, 4.69) is 10.5 Å². The first-order valence-electron chi connectivity index (χ1n) is 8.78. The van der Waals surface area contributed by atoms with Gasteiger partial charge in [-0.3, -0.25) is 4.79 Å². The van der Waals surface area contributed by atoms with E-state index < -0.39 is 5.82 Å². The van der Waals surface area contributed by atoms with E-state index in [9.17, 15) is 4.79 Å². The number of ether oxygens (including phenoxy) is 1. The zero-order valence-corrected chi connectivity index (χ0v) is 14.4. The van der Waals surface area contributed by atoms with Crippen molar-refractivity contribution >= 4 is 28.8 Å². The minimum Gasteiger partial charge on any atom is -0.372 e. The molecule has 0 radical (unpaired) electrons. The molecule has 0 spiro atoms. The Morgan fingerprint density at radius 2 is 2.08 bits per heavy atom. The topological polar surface area (TPSA) is 67.6 Å². The predicted molar refractivity (Wildman–Crippen MR) is 92.8 cm³/mol. The molecular weight excluding hydrogens is 325 g/mol. The minimum absolute atomic E-state index is 0.0381. The highest BCUT2D eigenvalue weighted by Gasteiger charge is 2.29. The summed E-state index contributed by atoms with van der Waals surface area (Å²) in [6.07, 6.45) is 3.02. The average Bonchev–Trinajstić information content (AvgIpc) is 3.31. The molecule has 2 aliphatic rings. The van der Waals surface area contributed by atoms with Gasteiger partial charge in [-0.05, 0) is 38.7 Å². The first-order valence-corrected chi connectivity index (χ1v) is 8.78. The van der Waals surface area contributed by atoms with Crippen LogP contribution in [0.2, 0.25) is 0 Å². The lowest BCUT2D eigenvalue weighted by atomic mass is 10.1. The number of rotatable bonds is 5. The largest absolute Gasteiger partial charge is 0.372 e. The molecule has 0 bridgehead atoms. The molecule has 134 valence electrons. The van der Waals surface area contributed by atoms with Crippen LogP contribution < -0.4 is 10.2 Å². The van der Waals surface area contributed by atoms with Gasteiger partial charge >= 0.3 is 0 Å². The Hall–Kier alpha value is -2.15. The van der Waals surface area contributed by atoms with Crippen LogP contribution in [0.5, 0.6) is 0 Å². The lowest BCUT2D eigenvalue weighted by molar-refractivity contribution is -0.00543. The summed E-state index contributed by atoms with van der Waals surface area (Å²) in [4.78, 5) is 13.5. The van der Waals surface area contributed by atoms with Gasteiger partial charge in [0.05, 0.1) is 23.3 Å². The standard InChI is InChI=1S/C18H22FN3O3/c1-10-7-22(8-11(2)24-10)16-13(9-23)5-14-17(15(16)19)25-21-18(14)20-6-12-3-4-12/h5,9-12H,3-4,6-8H2,1-2H3,(H,20,21). The second kappa shape index (κ2) is 6.29. The van der Waals surface area contributed by atoms with Gasteiger partial charge in [-0.25, -0.2) is 4.39 Å². The summed E-state index contributed by atoms with van der Waals surface area (Å²) in [7, 11) is 0. The first kappa shape index (κ1) is 16.3. The third-order valence-electron chi connectivity index (χ3n) is 4.83. The number of aldehydes is 1. The van der Waals surface area contributed by atoms with Gasteiger partial charge in [0.25, 0.3) is 0 Å². The Morgan fingerprint density at radius 1 is 1.36 bits per heavy atom. The van der Waals surface area contributed by atoms with E-state index in [1.54, 1.807) is 6.07 Å². The Morgan fingerprint density at radius 3 is 2.72 bits per heavy atom. The van der Waals surface area contributed by atoms with Crippen LogP contribution in [0.3, 0.4) is 0 Å². The molecule has 2 atom stereocenters. The maximum atomic E-state index is 15.2. The van der Waals surface area contributed by atoms with Crippen LogP contribution in [0.25, 0.3) is 11.0 Å². The van der Waals surface area contributed by atoms with Gasteiger partial charge in [-0.1, -0.05) is 5.16 Å². The lowest BCUT2D eigenvalue weighted by Crippen LogP contribution is -2.46. The Bertz CT molecular complexity index is 792. The molecular formula is C18H22FN3O3. The smallest absolute Gasteiger partial charge is 0.206 e. The van der Waals surface area contributed by atoms with Crippen LogP contribution in [0.1, 0.15) is 37.0 Å². The molecule has 2 heterocycles. The molecule has 1 aromatic carbocycles. The highest BCUT2D eigenvalue weighted by molar-refractivity contribution is 5.98. The quantitative estimate of drug-likeness (QED) is 0.838. The van der Waals surface area contributed by atoms with Crippen molar-refractivity contribution in [3.63, 3.8) is 0 Å². The van der Waals surface area contributed by atoms with Crippen molar-refractivity contribution in [2.75, 3.05) is 29.9 Å². The molecule has 1 aliphatic carbocycles. The van der Waals surface area contributed by atoms with Crippen molar-refractivity contribution in [1.82, 2.24) is 5.16 Å². The van der Waals surface area contributed by atoms with E-state index in [-0.39, 0.29) is 23.5 Å². The van der Waals surface area contributed by atoms with Crippen LogP contribution in [0.15, 0.2) is 10.6 Å². The fourth-order valence-electron chi connectivity index (χ4n) is 3.51. The molecule has 7 heteroatoms. The number of carbonyl (C=O) groups is 1. The van der Waals surface area contributed by atoms with Crippen LogP contribution in [0, 0.1) is 11.7 Å². The molecule has 1 aromatic heterocycles. The molecule has 4 rings (SSSR count). The van der Waals surface area contributed by atoms with Gasteiger partial charge in [-0.15, -0.1) is 0 Å². The summed E-state index contributed by atoms with van der Waals surface area (Å²) in [6, 6.07) is 1.66. The lowest BCUT2D eigenvalue weighted by Gasteiger charge is -2.37. The SMILES string of the molecule is CC1CN(c2c(C=O)cc3c(NCC4CC4)noc3c2F)CC(C)O1. The molecule has 1 saturated heterocycles. The summed E-state index contributed by atoms with van der Waals surface area (Å²) >= 11 is 0. The van der Waals surface area contributed by atoms with Crippen molar-refractivity contribution in [2.24, 2.45) is 5.92 Å². The number of nitrogens with zero attached hydrogens (tertiary/aromatic N) is 2. The fraction of sp³-hybridized carbons (Fsp3) is 0.556. The summed E-state index contributed by atoms with van der Waals surface area (Å²) in [5.74, 6) is 0.616. The van der Waals surface area contributed by atoms with Crippen LogP contribution in [-0.4, -0.2) is 43.3 Å². The van der Waals surface area contributed by atoms with E-state index in [1.807, 2.05) is 18.7 Å². The molecule has 1 N–H and O–H groups in total. The number of hydrogen-bond donors (Lipinski definition) is 1. The Kier molecular flexibility index (Phi) is 4.11. The zero-order chi connectivity index (χ0) is 17.6. The van der Waals surface area contributed by atoms with E-state index in [0.29, 0.717) is 42.1 Å². The minimum atomic E-state index is -0.534. The number of aromatic nitrogens is 1. The molecule has 1 saturated carbocycles. The third kappa shape index (κ3) is 3.08. The summed E-state index contributed by atoms with van der Waals surface area (Å²) in [6.45, 7) is 5.71. The molecule has 2 unspecified atom stereocenters. The van der Waals surface area contributed by atoms with Crippen LogP contribution in [-0.2, 0) is 4.74 Å². The number of anilines is 2. The van der Waals surface area contributed by atoms with Gasteiger partial charge in [0.15, 0.2) is 17.9 Å². The highest BCUT2D eigenvalue weighted by Crippen LogP contribution is 2.36. The van der Waals surface area contributed by atoms with Gasteiger partial charge in [0, 0.05) is 25.2 Å². The van der Waals surface area contributed by atoms with Gasteiger partial charge < -0.3 is 19.5 Å². The first-order chi connectivity index (χ1) is 12.1. The summed E-state index contributed by atoms with van der Waals surface area (Å²) < 4.78 is 26.1. The predicted octanol–water partition coefficient (Wildman–Crippen LogP) is 3.21. The van der Waals surface area contributed by atoms with E-state index in [0.717, 1.165) is 6.54 Å². The normalized spacial score (nSPS) is 23.9. The fourth-order valence-corrected chi connectivity index (χ4v) is 3.51. The van der Waals surface area contributed by atoms with Crippen LogP contribution in [0.4, 0.5) is 15.9 Å². The maximum absolute atomic E-state index is 15.2. The number of nitrogens with one attached hydrogen (secondary N) is 1. The zero-order valence-electron chi connectivity index (χ0n) is 14.4. The Labute approximate surface area is 145 Å². The third-order valence-corrected chi connectivity index (χ3v) is 4.83. The monoisotopic (exact) mass is 347 g/mol. The Balaban J connectivity index is 1.73. The number of hydrogen-bond acceptors (Lipinski definition) is 6. The summed E-state index contributed by atoms with van der Waals surface area (Å²) in [5.41, 5.74) is 0.670. The number of carbonyl (C=O) groups excluding carboxylic acids is 1. The van der Waals surface area contributed by atoms with Crippen molar-refractivity contribution < 1.29 is 18.4 Å². The molecule has 1 aliphatic heterocycles. The van der Waals surface area contributed by atoms with Crippen molar-refractivity contribution in [2.45, 2.75) is 38.9 Å². The van der Waals surface area contributed by atoms with Crippen molar-refractivity contribution in [1.29, 1.82) is 0 Å². The second-order valence-corrected chi connectivity index (χ2v) is 7.14. The average molecular weight is 347 g/mol. The van der Waals surface area contributed by atoms with Gasteiger partial charge in [-0.2, -0.15) is 0 Å². The van der Waals surface area contributed by atoms with E-state index in [4.69, 9.17) is 9.26 Å². The number of morpholine rings is 1. The van der Waals surface area contributed by atoms with E-state index >= 15 is 4.39 Å². The highest BCUT2D eigenvalue weighted by atomic mass is 19.1. The summed E-state index contributed by atoms with van der Waals surface area (Å²) in [5, 5.41) is 7.67. The molecule has 2 fully saturated rings. The van der Waals surface area contributed by atoms with Crippen molar-refractivity contribution in [3.05, 3.63) is 17.4 Å². The molecule has 0 amide bonds. The van der Waals surface area contributed by atoms with Gasteiger partial charge in [0.2, 0.25) is 5.58 Å². The van der Waals surface area contributed by atoms with Gasteiger partial charge in [0.1, 0.15) is 0 Å². The van der Waals surface area contributed by atoms with E-state index in [1.165, 1.54) is 12.8 Å². The molecule has 2 aromatic rings. The van der Waals surface area contributed by atoms with Crippen molar-refractivity contribution in [3.8, 4) is 0 Å². The number of benzene rings is 1. The number of fused-ring (bicyclic) bond motifs is 1. The second-order valence-electron chi connectivity index (χ2n) is 7.14. The molecule has 6 nitrogen and oxygen atoms in total. The van der Waals surface area contributed by atoms with Crippen LogP contribution >= 0.6 is 0 Å². The number of halogens is 1. The maximum Gasteiger partial charge on any atom is 0.206 e. The molecule has 25 heavy (non-hydrogen) atoms.